The summed E-state index contributed by atoms with van der Waals surface area (Å²) in [6.45, 7) is 10.5. The number of carbonyl (C=O) groups excluding carboxylic acids is 1. The molecule has 1 heterocycles. The van der Waals surface area contributed by atoms with Crippen LogP contribution in [-0.4, -0.2) is 17.6 Å². The van der Waals surface area contributed by atoms with Crippen LogP contribution in [0.15, 0.2) is 67.2 Å². The Morgan fingerprint density at radius 1 is 1.16 bits per heavy atom. The number of amides is 1. The van der Waals surface area contributed by atoms with Gasteiger partial charge in [0.1, 0.15) is 12.4 Å². The molecule has 166 valence electrons. The zero-order valence-corrected chi connectivity index (χ0v) is 19.2. The number of rotatable bonds is 7. The fourth-order valence-corrected chi connectivity index (χ4v) is 3.29. The molecule has 3 aromatic rings. The van der Waals surface area contributed by atoms with Gasteiger partial charge in [0.25, 0.3) is 0 Å². The molecule has 4 nitrogen and oxygen atoms in total. The fourth-order valence-electron chi connectivity index (χ4n) is 3.11. The predicted octanol–water partition coefficient (Wildman–Crippen LogP) is 6.78. The normalized spacial score (nSPS) is 11.2. The van der Waals surface area contributed by atoms with Crippen LogP contribution in [0.3, 0.4) is 0 Å². The van der Waals surface area contributed by atoms with E-state index >= 15 is 0 Å². The third-order valence-electron chi connectivity index (χ3n) is 5.15. The number of hydrogen-bond donors (Lipinski definition) is 1. The number of allylic oxidation sites excluding steroid dienone is 1. The van der Waals surface area contributed by atoms with Crippen LogP contribution in [-0.2, 0) is 16.8 Å². The van der Waals surface area contributed by atoms with E-state index < -0.39 is 17.3 Å². The van der Waals surface area contributed by atoms with Crippen LogP contribution in [0, 0.1) is 5.82 Å². The van der Waals surface area contributed by atoms with Crippen LogP contribution >= 0.6 is 11.6 Å². The van der Waals surface area contributed by atoms with E-state index in [9.17, 15) is 9.18 Å². The van der Waals surface area contributed by atoms with Gasteiger partial charge in [-0.2, -0.15) is 0 Å². The monoisotopic (exact) mass is 452 g/mol. The maximum atomic E-state index is 13.6. The summed E-state index contributed by atoms with van der Waals surface area (Å²) in [5.74, 6) is -0.481. The van der Waals surface area contributed by atoms with Crippen LogP contribution in [0.1, 0.15) is 37.6 Å². The zero-order valence-electron chi connectivity index (χ0n) is 18.4. The Morgan fingerprint density at radius 3 is 2.53 bits per heavy atom. The average Bonchev–Trinajstić information content (AvgIpc) is 2.78. The summed E-state index contributed by atoms with van der Waals surface area (Å²) < 4.78 is 18.9. The third-order valence-corrected chi connectivity index (χ3v) is 5.44. The van der Waals surface area contributed by atoms with Gasteiger partial charge in [0, 0.05) is 17.5 Å². The van der Waals surface area contributed by atoms with Gasteiger partial charge in [0.2, 0.25) is 0 Å². The van der Waals surface area contributed by atoms with Gasteiger partial charge in [-0.25, -0.2) is 14.2 Å². The largest absolute Gasteiger partial charge is 0.445 e. The standard InChI is InChI=1S/C26H26ClFN2O2/c1-17(2)23-13-20(14-24(30-23)19-10-11-22(28)21(27)12-19)26(3,4)16-29-25(31)32-15-18-8-6-5-7-9-18/h5-14H,1,15-16H2,2-4H3,(H,29,31). The number of alkyl carbamates (subject to hydrolysis) is 1. The highest BCUT2D eigenvalue weighted by Crippen LogP contribution is 2.31. The van der Waals surface area contributed by atoms with Crippen molar-refractivity contribution < 1.29 is 13.9 Å². The number of hydrogen-bond acceptors (Lipinski definition) is 3. The predicted molar refractivity (Wildman–Crippen MR) is 127 cm³/mol. The number of nitrogens with zero attached hydrogens (tertiary/aromatic N) is 1. The molecule has 0 radical (unpaired) electrons. The lowest BCUT2D eigenvalue weighted by molar-refractivity contribution is 0.137. The second-order valence-corrected chi connectivity index (χ2v) is 8.74. The molecule has 0 atom stereocenters. The quantitative estimate of drug-likeness (QED) is 0.430. The molecule has 1 N–H and O–H groups in total. The van der Waals surface area contributed by atoms with Crippen LogP contribution < -0.4 is 5.32 Å². The van der Waals surface area contributed by atoms with Gasteiger partial charge in [-0.1, -0.05) is 62.4 Å². The lowest BCUT2D eigenvalue weighted by atomic mass is 9.83. The first-order valence-corrected chi connectivity index (χ1v) is 10.6. The van der Waals surface area contributed by atoms with Gasteiger partial charge >= 0.3 is 6.09 Å². The Balaban J connectivity index is 1.78. The van der Waals surface area contributed by atoms with Crippen LogP contribution in [0.2, 0.25) is 5.02 Å². The van der Waals surface area contributed by atoms with E-state index in [1.165, 1.54) is 6.07 Å². The van der Waals surface area contributed by atoms with Gasteiger partial charge in [-0.3, -0.25) is 0 Å². The summed E-state index contributed by atoms with van der Waals surface area (Å²) in [4.78, 5) is 16.9. The lowest BCUT2D eigenvalue weighted by Crippen LogP contribution is -2.37. The molecule has 32 heavy (non-hydrogen) atoms. The van der Waals surface area contributed by atoms with E-state index in [4.69, 9.17) is 16.3 Å². The van der Waals surface area contributed by atoms with Crippen LogP contribution in [0.5, 0.6) is 0 Å². The third kappa shape index (κ3) is 5.95. The van der Waals surface area contributed by atoms with Crippen molar-refractivity contribution in [2.45, 2.75) is 32.8 Å². The van der Waals surface area contributed by atoms with Gasteiger partial charge in [-0.15, -0.1) is 0 Å². The minimum atomic E-state index is -0.485. The summed E-state index contributed by atoms with van der Waals surface area (Å²) in [5, 5.41) is 2.88. The molecule has 2 aromatic carbocycles. The second-order valence-electron chi connectivity index (χ2n) is 8.33. The summed E-state index contributed by atoms with van der Waals surface area (Å²) in [6, 6.07) is 17.9. The Hall–Kier alpha value is -3.18. The minimum absolute atomic E-state index is 0.0358. The second kappa shape index (κ2) is 9.96. The van der Waals surface area contributed by atoms with Gasteiger partial charge in [-0.05, 0) is 54.0 Å². The van der Waals surface area contributed by atoms with Crippen molar-refractivity contribution in [1.29, 1.82) is 0 Å². The highest BCUT2D eigenvalue weighted by atomic mass is 35.5. The number of aromatic nitrogens is 1. The van der Waals surface area contributed by atoms with Gasteiger partial charge < -0.3 is 10.1 Å². The minimum Gasteiger partial charge on any atom is -0.445 e. The van der Waals surface area contributed by atoms with E-state index in [1.807, 2.05) is 63.2 Å². The molecule has 0 aliphatic carbocycles. The topological polar surface area (TPSA) is 51.2 Å². The number of carbonyl (C=O) groups is 1. The summed E-state index contributed by atoms with van der Waals surface area (Å²) >= 11 is 5.97. The average molecular weight is 453 g/mol. The Kier molecular flexibility index (Phi) is 7.31. The SMILES string of the molecule is C=C(C)c1cc(C(C)(C)CNC(=O)OCc2ccccc2)cc(-c2ccc(F)c(Cl)c2)n1. The van der Waals surface area contributed by atoms with E-state index in [0.29, 0.717) is 17.8 Å². The van der Waals surface area contributed by atoms with Gasteiger partial charge in [0.15, 0.2) is 0 Å². The Bertz CT molecular complexity index is 1130. The summed E-state index contributed by atoms with van der Waals surface area (Å²) in [6.07, 6.45) is -0.485. The molecule has 0 aliphatic rings. The van der Waals surface area contributed by atoms with Crippen molar-refractivity contribution in [3.05, 3.63) is 94.9 Å². The Labute approximate surface area is 193 Å². The van der Waals surface area contributed by atoms with Crippen molar-refractivity contribution in [2.75, 3.05) is 6.54 Å². The molecule has 1 aromatic heterocycles. The summed E-state index contributed by atoms with van der Waals surface area (Å²) in [7, 11) is 0. The molecule has 1 amide bonds. The number of benzene rings is 2. The molecule has 6 heteroatoms. The molecule has 0 aliphatic heterocycles. The van der Waals surface area contributed by atoms with Gasteiger partial charge in [0.05, 0.1) is 16.4 Å². The van der Waals surface area contributed by atoms with Crippen molar-refractivity contribution in [2.24, 2.45) is 0 Å². The van der Waals surface area contributed by atoms with Crippen LogP contribution in [0.4, 0.5) is 9.18 Å². The number of pyridine rings is 1. The van der Waals surface area contributed by atoms with Crippen molar-refractivity contribution >= 4 is 23.3 Å². The van der Waals surface area contributed by atoms with E-state index in [1.54, 1.807) is 12.1 Å². The molecular formula is C26H26ClFN2O2. The van der Waals surface area contributed by atoms with Crippen molar-refractivity contribution in [1.82, 2.24) is 10.3 Å². The molecule has 0 unspecified atom stereocenters. The van der Waals surface area contributed by atoms with E-state index in [2.05, 4.69) is 16.9 Å². The zero-order chi connectivity index (χ0) is 23.3. The molecule has 0 saturated carbocycles. The van der Waals surface area contributed by atoms with Crippen molar-refractivity contribution in [3.63, 3.8) is 0 Å². The highest BCUT2D eigenvalue weighted by molar-refractivity contribution is 6.31. The fraction of sp³-hybridized carbons (Fsp3) is 0.231. The van der Waals surface area contributed by atoms with E-state index in [0.717, 1.165) is 22.4 Å². The summed E-state index contributed by atoms with van der Waals surface area (Å²) in [5.41, 5.74) is 4.31. The first kappa shape index (κ1) is 23.5. The molecule has 0 saturated heterocycles. The first-order chi connectivity index (χ1) is 15.2. The Morgan fingerprint density at radius 2 is 1.88 bits per heavy atom. The molecule has 0 fully saturated rings. The maximum absolute atomic E-state index is 13.6. The smallest absolute Gasteiger partial charge is 0.407 e. The van der Waals surface area contributed by atoms with Crippen LogP contribution in [0.25, 0.3) is 16.8 Å². The number of nitrogens with one attached hydrogen (secondary N) is 1. The highest BCUT2D eigenvalue weighted by Gasteiger charge is 2.24. The maximum Gasteiger partial charge on any atom is 0.407 e. The number of halogens is 2. The molecule has 3 rings (SSSR count). The lowest BCUT2D eigenvalue weighted by Gasteiger charge is -2.26. The van der Waals surface area contributed by atoms with Crippen molar-refractivity contribution in [3.8, 4) is 11.3 Å². The van der Waals surface area contributed by atoms with E-state index in [-0.39, 0.29) is 11.6 Å². The molecule has 0 bridgehead atoms. The first-order valence-electron chi connectivity index (χ1n) is 10.2. The number of ether oxygens (including phenoxy) is 1. The molecular weight excluding hydrogens is 427 g/mol. The molecule has 0 spiro atoms.